The Morgan fingerprint density at radius 3 is 2.25 bits per heavy atom. The number of aliphatic hydroxyl groups is 1. The maximum atomic E-state index is 11.8. The number of carbonyl (C=O) groups is 1. The third kappa shape index (κ3) is 4.53. The molecule has 0 radical (unpaired) electrons. The number of amides is 2. The lowest BCUT2D eigenvalue weighted by atomic mass is 10.00. The summed E-state index contributed by atoms with van der Waals surface area (Å²) in [5.41, 5.74) is 4.78. The summed E-state index contributed by atoms with van der Waals surface area (Å²) in [6.07, 6.45) is 0. The smallest absolute Gasteiger partial charge is 0.315 e. The molecule has 2 amide bonds. The highest BCUT2D eigenvalue weighted by molar-refractivity contribution is 5.74. The number of nitrogens with one attached hydrogen (secondary N) is 2. The van der Waals surface area contributed by atoms with Crippen molar-refractivity contribution in [2.75, 3.05) is 6.61 Å². The molecule has 0 heterocycles. The van der Waals surface area contributed by atoms with Gasteiger partial charge in [0.2, 0.25) is 0 Å². The number of carbonyl (C=O) groups excluding carboxylic acids is 1. The van der Waals surface area contributed by atoms with Crippen molar-refractivity contribution in [2.24, 2.45) is 5.92 Å². The maximum Gasteiger partial charge on any atom is 0.315 e. The van der Waals surface area contributed by atoms with E-state index in [-0.39, 0.29) is 24.6 Å². The monoisotopic (exact) mass is 278 g/mol. The van der Waals surface area contributed by atoms with E-state index in [2.05, 4.69) is 43.5 Å². The topological polar surface area (TPSA) is 61.4 Å². The molecule has 0 bridgehead atoms. The summed E-state index contributed by atoms with van der Waals surface area (Å²) in [5, 5.41) is 14.8. The third-order valence-electron chi connectivity index (χ3n) is 3.77. The molecule has 20 heavy (non-hydrogen) atoms. The highest BCUT2D eigenvalue weighted by Gasteiger charge is 2.14. The van der Waals surface area contributed by atoms with Crippen molar-refractivity contribution in [1.29, 1.82) is 0 Å². The Labute approximate surface area is 121 Å². The van der Waals surface area contributed by atoms with E-state index < -0.39 is 0 Å². The molecule has 3 N–H and O–H groups in total. The molecule has 4 nitrogen and oxygen atoms in total. The van der Waals surface area contributed by atoms with Gasteiger partial charge in [-0.15, -0.1) is 0 Å². The van der Waals surface area contributed by atoms with Gasteiger partial charge in [0.25, 0.3) is 0 Å². The Morgan fingerprint density at radius 2 is 1.75 bits per heavy atom. The Kier molecular flexibility index (Phi) is 6.02. The third-order valence-corrected chi connectivity index (χ3v) is 3.77. The fourth-order valence-corrected chi connectivity index (χ4v) is 2.22. The first-order valence-electron chi connectivity index (χ1n) is 7.07. The Hall–Kier alpha value is -1.55. The molecule has 1 rings (SSSR count). The SMILES string of the molecule is Cc1cc(C)c(CNC(=O)NC(C)C(C)CO)c(C)c1. The zero-order valence-electron chi connectivity index (χ0n) is 13.1. The van der Waals surface area contributed by atoms with Gasteiger partial charge in [-0.1, -0.05) is 24.6 Å². The quantitative estimate of drug-likeness (QED) is 0.774. The average molecular weight is 278 g/mol. The number of aliphatic hydroxyl groups excluding tert-OH is 1. The highest BCUT2D eigenvalue weighted by Crippen LogP contribution is 2.15. The summed E-state index contributed by atoms with van der Waals surface area (Å²) in [6, 6.07) is 3.99. The summed E-state index contributed by atoms with van der Waals surface area (Å²) < 4.78 is 0. The summed E-state index contributed by atoms with van der Waals surface area (Å²) in [6.45, 7) is 10.6. The fourth-order valence-electron chi connectivity index (χ4n) is 2.22. The van der Waals surface area contributed by atoms with Crippen LogP contribution in [0.1, 0.15) is 36.1 Å². The van der Waals surface area contributed by atoms with Gasteiger partial charge >= 0.3 is 6.03 Å². The lowest BCUT2D eigenvalue weighted by molar-refractivity contribution is 0.200. The second-order valence-corrected chi connectivity index (χ2v) is 5.65. The van der Waals surface area contributed by atoms with E-state index in [4.69, 9.17) is 5.11 Å². The van der Waals surface area contributed by atoms with Crippen LogP contribution in [0.4, 0.5) is 4.79 Å². The van der Waals surface area contributed by atoms with Gasteiger partial charge in [0.1, 0.15) is 0 Å². The van der Waals surface area contributed by atoms with Crippen LogP contribution in [0.5, 0.6) is 0 Å². The van der Waals surface area contributed by atoms with E-state index in [0.717, 1.165) is 5.56 Å². The summed E-state index contributed by atoms with van der Waals surface area (Å²) in [5.74, 6) is 0.0450. The van der Waals surface area contributed by atoms with Crippen LogP contribution in [0, 0.1) is 26.7 Å². The first-order valence-corrected chi connectivity index (χ1v) is 7.07. The minimum absolute atomic E-state index is 0.0450. The molecule has 0 aliphatic rings. The molecular weight excluding hydrogens is 252 g/mol. The number of hydrogen-bond acceptors (Lipinski definition) is 2. The lowest BCUT2D eigenvalue weighted by Crippen LogP contribution is -2.44. The first-order chi connectivity index (χ1) is 9.35. The number of hydrogen-bond donors (Lipinski definition) is 3. The number of rotatable bonds is 5. The normalized spacial score (nSPS) is 13.7. The average Bonchev–Trinajstić information content (AvgIpc) is 2.36. The Morgan fingerprint density at radius 1 is 1.20 bits per heavy atom. The zero-order valence-corrected chi connectivity index (χ0v) is 13.1. The number of urea groups is 1. The molecule has 4 heteroatoms. The Bertz CT molecular complexity index is 449. The van der Waals surface area contributed by atoms with Gasteiger partial charge in [0.05, 0.1) is 0 Å². The molecular formula is C16H26N2O2. The molecule has 112 valence electrons. The summed E-state index contributed by atoms with van der Waals surface area (Å²) in [4.78, 5) is 11.8. The van der Waals surface area contributed by atoms with E-state index in [9.17, 15) is 4.79 Å². The largest absolute Gasteiger partial charge is 0.396 e. The second kappa shape index (κ2) is 7.29. The van der Waals surface area contributed by atoms with Gasteiger partial charge in [-0.3, -0.25) is 0 Å². The fraction of sp³-hybridized carbons (Fsp3) is 0.562. The standard InChI is InChI=1S/C16H26N2O2/c1-10-6-11(2)15(12(3)7-10)8-17-16(20)18-14(5)13(4)9-19/h6-7,13-14,19H,8-9H2,1-5H3,(H2,17,18,20). The van der Waals surface area contributed by atoms with E-state index in [0.29, 0.717) is 6.54 Å². The van der Waals surface area contributed by atoms with Gasteiger partial charge in [0, 0.05) is 19.2 Å². The highest BCUT2D eigenvalue weighted by atomic mass is 16.3. The second-order valence-electron chi connectivity index (χ2n) is 5.65. The molecule has 0 aromatic heterocycles. The van der Waals surface area contributed by atoms with Crippen LogP contribution in [0.2, 0.25) is 0 Å². The van der Waals surface area contributed by atoms with Crippen LogP contribution >= 0.6 is 0 Å². The zero-order chi connectivity index (χ0) is 15.3. The summed E-state index contributed by atoms with van der Waals surface area (Å²) in [7, 11) is 0. The number of benzene rings is 1. The lowest BCUT2D eigenvalue weighted by Gasteiger charge is -2.20. The number of aryl methyl sites for hydroxylation is 3. The molecule has 1 aromatic rings. The molecule has 0 spiro atoms. The first kappa shape index (κ1) is 16.5. The predicted octanol–water partition coefficient (Wildman–Crippen LogP) is 2.43. The maximum absolute atomic E-state index is 11.8. The molecule has 0 saturated heterocycles. The van der Waals surface area contributed by atoms with Gasteiger partial charge in [0.15, 0.2) is 0 Å². The minimum atomic E-state index is -0.197. The van der Waals surface area contributed by atoms with Crippen molar-refractivity contribution in [1.82, 2.24) is 10.6 Å². The van der Waals surface area contributed by atoms with E-state index in [1.807, 2.05) is 13.8 Å². The van der Waals surface area contributed by atoms with Crippen molar-refractivity contribution < 1.29 is 9.90 Å². The van der Waals surface area contributed by atoms with E-state index >= 15 is 0 Å². The van der Waals surface area contributed by atoms with Crippen molar-refractivity contribution in [3.63, 3.8) is 0 Å². The van der Waals surface area contributed by atoms with Crippen molar-refractivity contribution in [2.45, 2.75) is 47.2 Å². The Balaban J connectivity index is 2.58. The van der Waals surface area contributed by atoms with E-state index in [1.165, 1.54) is 16.7 Å². The molecule has 0 aliphatic heterocycles. The van der Waals surface area contributed by atoms with Crippen molar-refractivity contribution in [3.05, 3.63) is 34.4 Å². The van der Waals surface area contributed by atoms with Crippen molar-refractivity contribution >= 4 is 6.03 Å². The van der Waals surface area contributed by atoms with Gasteiger partial charge in [-0.25, -0.2) is 4.79 Å². The predicted molar refractivity (Wildman–Crippen MR) is 81.7 cm³/mol. The van der Waals surface area contributed by atoms with Crippen LogP contribution in [-0.2, 0) is 6.54 Å². The van der Waals surface area contributed by atoms with Crippen LogP contribution < -0.4 is 10.6 Å². The molecule has 2 atom stereocenters. The molecule has 0 fully saturated rings. The molecule has 0 saturated carbocycles. The van der Waals surface area contributed by atoms with Gasteiger partial charge in [-0.2, -0.15) is 0 Å². The molecule has 1 aromatic carbocycles. The summed E-state index contributed by atoms with van der Waals surface area (Å²) >= 11 is 0. The van der Waals surface area contributed by atoms with Gasteiger partial charge in [-0.05, 0) is 50.3 Å². The van der Waals surface area contributed by atoms with Crippen LogP contribution in [0.25, 0.3) is 0 Å². The van der Waals surface area contributed by atoms with Gasteiger partial charge < -0.3 is 15.7 Å². The van der Waals surface area contributed by atoms with Crippen LogP contribution in [-0.4, -0.2) is 23.8 Å². The molecule has 2 unspecified atom stereocenters. The van der Waals surface area contributed by atoms with Crippen LogP contribution in [0.3, 0.4) is 0 Å². The minimum Gasteiger partial charge on any atom is -0.396 e. The molecule has 0 aliphatic carbocycles. The van der Waals surface area contributed by atoms with Crippen molar-refractivity contribution in [3.8, 4) is 0 Å². The van der Waals surface area contributed by atoms with E-state index in [1.54, 1.807) is 0 Å². The van der Waals surface area contributed by atoms with Crippen LogP contribution in [0.15, 0.2) is 12.1 Å².